The molecule has 6 unspecified atom stereocenters. The van der Waals surface area contributed by atoms with E-state index >= 15 is 0 Å². The molecule has 0 aromatic carbocycles. The second-order valence-corrected chi connectivity index (χ2v) is 20.3. The van der Waals surface area contributed by atoms with Crippen molar-refractivity contribution in [1.29, 1.82) is 0 Å². The van der Waals surface area contributed by atoms with E-state index in [0.717, 1.165) is 109 Å². The zero-order valence-corrected chi connectivity index (χ0v) is 46.4. The van der Waals surface area contributed by atoms with Crippen LogP contribution in [0, 0.1) is 0 Å². The fourth-order valence-corrected chi connectivity index (χ4v) is 8.85. The number of carbonyl (C=O) groups is 4. The number of carboxylic acid groups (broad SMARTS) is 1. The SMILES string of the molecule is CC/C=C\C/C=C\C/C=C\CCCCCCCCCC(=O)OC1C(OCC(COC(=O)CCCCCCCCC/C=C\CCCCCCCC)OC(=O)CCCCCCCCCCC)OC(C(=O)O)C(O)C1O. The topological polar surface area (TPSA) is 175 Å². The van der Waals surface area contributed by atoms with Crippen LogP contribution in [0.2, 0.25) is 0 Å². The van der Waals surface area contributed by atoms with Crippen molar-refractivity contribution in [3.8, 4) is 0 Å². The lowest BCUT2D eigenvalue weighted by atomic mass is 9.98. The maximum atomic E-state index is 13.1. The maximum Gasteiger partial charge on any atom is 0.335 e. The molecule has 0 spiro atoms. The summed E-state index contributed by atoms with van der Waals surface area (Å²) in [6.45, 7) is 5.86. The molecule has 12 heteroatoms. The van der Waals surface area contributed by atoms with E-state index in [2.05, 4.69) is 69.4 Å². The number of ether oxygens (including phenoxy) is 5. The van der Waals surface area contributed by atoms with Crippen LogP contribution in [0.4, 0.5) is 0 Å². The van der Waals surface area contributed by atoms with Crippen molar-refractivity contribution in [3.05, 3.63) is 48.6 Å². The first kappa shape index (κ1) is 67.7. The van der Waals surface area contributed by atoms with Crippen LogP contribution in [-0.4, -0.2) is 89.2 Å². The molecule has 0 bridgehead atoms. The van der Waals surface area contributed by atoms with Crippen LogP contribution in [0.25, 0.3) is 0 Å². The summed E-state index contributed by atoms with van der Waals surface area (Å²) in [7, 11) is 0. The Bertz CT molecular complexity index is 1460. The first-order valence-electron chi connectivity index (χ1n) is 29.6. The molecule has 0 amide bonds. The smallest absolute Gasteiger partial charge is 0.335 e. The van der Waals surface area contributed by atoms with E-state index < -0.39 is 67.3 Å². The van der Waals surface area contributed by atoms with Crippen LogP contribution in [0.5, 0.6) is 0 Å². The average molecular weight is 1030 g/mol. The van der Waals surface area contributed by atoms with E-state index in [0.29, 0.717) is 19.3 Å². The Morgan fingerprint density at radius 3 is 1.33 bits per heavy atom. The number of allylic oxidation sites excluding steroid dienone is 8. The lowest BCUT2D eigenvalue weighted by Crippen LogP contribution is -2.61. The third kappa shape index (κ3) is 39.7. The number of aliphatic hydroxyl groups is 2. The van der Waals surface area contributed by atoms with Gasteiger partial charge in [0.1, 0.15) is 18.8 Å². The highest BCUT2D eigenvalue weighted by atomic mass is 16.7. The van der Waals surface area contributed by atoms with Gasteiger partial charge in [-0.1, -0.05) is 217 Å². The fraction of sp³-hybridized carbons (Fsp3) is 0.803. The van der Waals surface area contributed by atoms with Crippen LogP contribution in [0.3, 0.4) is 0 Å². The van der Waals surface area contributed by atoms with Gasteiger partial charge in [-0.25, -0.2) is 4.79 Å². The number of unbranched alkanes of at least 4 members (excludes halogenated alkanes) is 28. The van der Waals surface area contributed by atoms with Crippen molar-refractivity contribution in [1.82, 2.24) is 0 Å². The maximum absolute atomic E-state index is 13.1. The highest BCUT2D eigenvalue weighted by Crippen LogP contribution is 2.26. The van der Waals surface area contributed by atoms with Gasteiger partial charge in [-0.15, -0.1) is 0 Å². The van der Waals surface area contributed by atoms with Gasteiger partial charge in [-0.05, 0) is 77.0 Å². The number of carboxylic acids is 1. The molecule has 1 saturated heterocycles. The van der Waals surface area contributed by atoms with E-state index in [1.165, 1.54) is 96.3 Å². The van der Waals surface area contributed by atoms with Gasteiger partial charge in [0.15, 0.2) is 24.6 Å². The van der Waals surface area contributed by atoms with Gasteiger partial charge < -0.3 is 39.0 Å². The van der Waals surface area contributed by atoms with Crippen LogP contribution in [0.15, 0.2) is 48.6 Å². The number of aliphatic hydroxyl groups excluding tert-OH is 2. The lowest BCUT2D eigenvalue weighted by Gasteiger charge is -2.40. The van der Waals surface area contributed by atoms with E-state index in [4.69, 9.17) is 23.7 Å². The van der Waals surface area contributed by atoms with Crippen molar-refractivity contribution in [2.45, 2.75) is 302 Å². The minimum atomic E-state index is -1.90. The van der Waals surface area contributed by atoms with E-state index in [1.54, 1.807) is 0 Å². The Morgan fingerprint density at radius 1 is 0.466 bits per heavy atom. The highest BCUT2D eigenvalue weighted by Gasteiger charge is 2.50. The van der Waals surface area contributed by atoms with Crippen molar-refractivity contribution in [2.24, 2.45) is 0 Å². The zero-order chi connectivity index (χ0) is 53.3. The standard InChI is InChI=1S/C61H106O12/c1-4-7-10-13-16-19-21-23-25-27-29-31-33-36-38-41-44-47-53(62)69-50-52(71-54(63)48-45-42-39-35-18-15-12-9-6-3)51-70-61-59(57(66)56(65)58(73-61)60(67)68)72-55(64)49-46-43-40-37-34-32-30-28-26-24-22-20-17-14-11-8-5-2/h8,11,17,20,23-26,52,56-59,61,65-66H,4-7,9-10,12-16,18-19,21-22,27-51H2,1-3H3,(H,67,68)/b11-8-,20-17-,25-23-,26-24-. The largest absolute Gasteiger partial charge is 0.479 e. The van der Waals surface area contributed by atoms with Crippen molar-refractivity contribution < 1.29 is 58.2 Å². The Balaban J connectivity index is 2.64. The minimum Gasteiger partial charge on any atom is -0.479 e. The molecule has 3 N–H and O–H groups in total. The molecular formula is C61H106O12. The van der Waals surface area contributed by atoms with Gasteiger partial charge in [0.2, 0.25) is 0 Å². The van der Waals surface area contributed by atoms with Gasteiger partial charge in [-0.3, -0.25) is 14.4 Å². The van der Waals surface area contributed by atoms with E-state index in [-0.39, 0.29) is 25.9 Å². The summed E-state index contributed by atoms with van der Waals surface area (Å²) in [5, 5.41) is 31.4. The predicted molar refractivity (Wildman–Crippen MR) is 294 cm³/mol. The Hall–Kier alpha value is -3.32. The van der Waals surface area contributed by atoms with Crippen molar-refractivity contribution in [3.63, 3.8) is 0 Å². The first-order chi connectivity index (χ1) is 35.6. The summed E-state index contributed by atoms with van der Waals surface area (Å²) < 4.78 is 28.4. The molecule has 0 radical (unpaired) electrons. The predicted octanol–water partition coefficient (Wildman–Crippen LogP) is 15.0. The summed E-state index contributed by atoms with van der Waals surface area (Å²) in [6, 6.07) is 0. The minimum absolute atomic E-state index is 0.0504. The summed E-state index contributed by atoms with van der Waals surface area (Å²) >= 11 is 0. The lowest BCUT2D eigenvalue weighted by molar-refractivity contribution is -0.301. The molecular weight excluding hydrogens is 925 g/mol. The second kappa shape index (κ2) is 49.6. The molecule has 6 atom stereocenters. The number of carbonyl (C=O) groups excluding carboxylic acids is 3. The van der Waals surface area contributed by atoms with Gasteiger partial charge >= 0.3 is 23.9 Å². The molecule has 1 aliphatic heterocycles. The Kier molecular flexibility index (Phi) is 45.9. The fourth-order valence-electron chi connectivity index (χ4n) is 8.85. The average Bonchev–Trinajstić information content (AvgIpc) is 3.37. The summed E-state index contributed by atoms with van der Waals surface area (Å²) in [5.74, 6) is -3.12. The molecule has 1 fully saturated rings. The molecule has 0 saturated carbocycles. The molecule has 12 nitrogen and oxygen atoms in total. The van der Waals surface area contributed by atoms with Crippen LogP contribution in [-0.2, 0) is 42.9 Å². The second-order valence-electron chi connectivity index (χ2n) is 20.3. The molecule has 73 heavy (non-hydrogen) atoms. The summed E-state index contributed by atoms with van der Waals surface area (Å²) in [6.07, 6.45) is 46.6. The first-order valence-corrected chi connectivity index (χ1v) is 29.6. The van der Waals surface area contributed by atoms with Crippen LogP contribution < -0.4 is 0 Å². The van der Waals surface area contributed by atoms with Gasteiger partial charge in [0.05, 0.1) is 6.61 Å². The molecule has 1 rings (SSSR count). The van der Waals surface area contributed by atoms with Gasteiger partial charge in [0, 0.05) is 19.3 Å². The Labute approximate surface area is 443 Å². The molecule has 422 valence electrons. The van der Waals surface area contributed by atoms with E-state index in [9.17, 15) is 34.5 Å². The number of hydrogen-bond donors (Lipinski definition) is 3. The monoisotopic (exact) mass is 1030 g/mol. The zero-order valence-electron chi connectivity index (χ0n) is 46.4. The number of hydrogen-bond acceptors (Lipinski definition) is 11. The molecule has 0 aliphatic carbocycles. The summed E-state index contributed by atoms with van der Waals surface area (Å²) in [4.78, 5) is 51.0. The van der Waals surface area contributed by atoms with Crippen molar-refractivity contribution in [2.75, 3.05) is 13.2 Å². The van der Waals surface area contributed by atoms with Crippen molar-refractivity contribution >= 4 is 23.9 Å². The highest BCUT2D eigenvalue weighted by molar-refractivity contribution is 5.74. The van der Waals surface area contributed by atoms with Crippen LogP contribution in [0.1, 0.15) is 265 Å². The molecule has 0 aromatic heterocycles. The molecule has 1 aliphatic rings. The molecule has 1 heterocycles. The van der Waals surface area contributed by atoms with Crippen LogP contribution >= 0.6 is 0 Å². The number of rotatable bonds is 50. The molecule has 0 aromatic rings. The third-order valence-electron chi connectivity index (χ3n) is 13.4. The summed E-state index contributed by atoms with van der Waals surface area (Å²) in [5.41, 5.74) is 0. The number of esters is 3. The Morgan fingerprint density at radius 2 is 0.863 bits per heavy atom. The van der Waals surface area contributed by atoms with E-state index in [1.807, 2.05) is 0 Å². The number of aliphatic carboxylic acids is 1. The van der Waals surface area contributed by atoms with Gasteiger partial charge in [0.25, 0.3) is 0 Å². The normalized spacial score (nSPS) is 18.6. The quantitative estimate of drug-likeness (QED) is 0.0228. The van der Waals surface area contributed by atoms with Gasteiger partial charge in [-0.2, -0.15) is 0 Å². The third-order valence-corrected chi connectivity index (χ3v) is 13.4.